The summed E-state index contributed by atoms with van der Waals surface area (Å²) in [5.74, 6) is 0.140. The number of methoxy groups -OCH3 is 2. The molecule has 2 aromatic carbocycles. The summed E-state index contributed by atoms with van der Waals surface area (Å²) in [5, 5.41) is 12.3. The van der Waals surface area contributed by atoms with E-state index in [0.717, 1.165) is 0 Å². The van der Waals surface area contributed by atoms with Gasteiger partial charge in [-0.1, -0.05) is 0 Å². The highest BCUT2D eigenvalue weighted by atomic mass is 16.5. The van der Waals surface area contributed by atoms with Crippen molar-refractivity contribution in [3.63, 3.8) is 0 Å². The Kier molecular flexibility index (Phi) is 4.18. The van der Waals surface area contributed by atoms with Crippen LogP contribution < -0.4 is 20.5 Å². The molecule has 0 unspecified atom stereocenters. The topological polar surface area (TPSA) is 93.8 Å². The smallest absolute Gasteiger partial charge is 0.337 e. The third-order valence-electron chi connectivity index (χ3n) is 2.95. The SMILES string of the molecule is COc1ccc(OC)c(Nc2ccc(N)cc2C(=O)O)c1. The van der Waals surface area contributed by atoms with Crippen LogP contribution in [0, 0.1) is 0 Å². The molecule has 0 atom stereocenters. The third-order valence-corrected chi connectivity index (χ3v) is 2.95. The van der Waals surface area contributed by atoms with Gasteiger partial charge in [-0.25, -0.2) is 4.79 Å². The van der Waals surface area contributed by atoms with Crippen LogP contribution in [-0.2, 0) is 0 Å². The van der Waals surface area contributed by atoms with Crippen molar-refractivity contribution in [1.82, 2.24) is 0 Å². The predicted molar refractivity (Wildman–Crippen MR) is 80.6 cm³/mol. The number of carbonyl (C=O) groups is 1. The van der Waals surface area contributed by atoms with E-state index in [1.165, 1.54) is 13.2 Å². The zero-order valence-electron chi connectivity index (χ0n) is 11.7. The van der Waals surface area contributed by atoms with Crippen molar-refractivity contribution < 1.29 is 19.4 Å². The van der Waals surface area contributed by atoms with Gasteiger partial charge in [0.05, 0.1) is 31.2 Å². The van der Waals surface area contributed by atoms with E-state index in [1.807, 2.05) is 0 Å². The van der Waals surface area contributed by atoms with E-state index >= 15 is 0 Å². The average Bonchev–Trinajstić information content (AvgIpc) is 2.48. The Bertz CT molecular complexity index is 671. The van der Waals surface area contributed by atoms with E-state index in [-0.39, 0.29) is 5.56 Å². The number of aromatic carboxylic acids is 1. The maximum absolute atomic E-state index is 11.3. The molecule has 0 bridgehead atoms. The molecule has 0 aliphatic rings. The molecule has 2 rings (SSSR count). The molecule has 6 nitrogen and oxygen atoms in total. The van der Waals surface area contributed by atoms with Crippen LogP contribution in [0.25, 0.3) is 0 Å². The lowest BCUT2D eigenvalue weighted by molar-refractivity contribution is 0.0698. The van der Waals surface area contributed by atoms with Gasteiger partial charge in [0.25, 0.3) is 0 Å². The van der Waals surface area contributed by atoms with Gasteiger partial charge in [-0.2, -0.15) is 0 Å². The first kappa shape index (κ1) is 14.5. The Morgan fingerprint density at radius 3 is 2.48 bits per heavy atom. The molecule has 0 saturated heterocycles. The fraction of sp³-hybridized carbons (Fsp3) is 0.133. The third kappa shape index (κ3) is 3.17. The van der Waals surface area contributed by atoms with Crippen LogP contribution in [0.1, 0.15) is 10.4 Å². The number of hydrogen-bond donors (Lipinski definition) is 3. The summed E-state index contributed by atoms with van der Waals surface area (Å²) >= 11 is 0. The van der Waals surface area contributed by atoms with Crippen molar-refractivity contribution in [1.29, 1.82) is 0 Å². The maximum Gasteiger partial charge on any atom is 0.337 e. The molecule has 0 aliphatic carbocycles. The van der Waals surface area contributed by atoms with Crippen molar-refractivity contribution in [2.24, 2.45) is 0 Å². The van der Waals surface area contributed by atoms with Crippen molar-refractivity contribution in [2.75, 3.05) is 25.3 Å². The van der Waals surface area contributed by atoms with E-state index in [2.05, 4.69) is 5.32 Å². The van der Waals surface area contributed by atoms with Gasteiger partial charge in [0.15, 0.2) is 0 Å². The second-order valence-corrected chi connectivity index (χ2v) is 4.30. The van der Waals surface area contributed by atoms with Crippen LogP contribution in [0.4, 0.5) is 17.1 Å². The first-order valence-corrected chi connectivity index (χ1v) is 6.17. The molecule has 0 fully saturated rings. The molecule has 0 saturated carbocycles. The van der Waals surface area contributed by atoms with Crippen LogP contribution in [0.5, 0.6) is 11.5 Å². The number of hydrogen-bond acceptors (Lipinski definition) is 5. The van der Waals surface area contributed by atoms with Crippen LogP contribution in [0.3, 0.4) is 0 Å². The Balaban J connectivity index is 2.44. The lowest BCUT2D eigenvalue weighted by atomic mass is 10.1. The molecule has 0 amide bonds. The highest BCUT2D eigenvalue weighted by Crippen LogP contribution is 2.33. The standard InChI is InChI=1S/C15H16N2O4/c1-20-10-4-6-14(21-2)13(8-10)17-12-5-3-9(16)7-11(12)15(18)19/h3-8,17H,16H2,1-2H3,(H,18,19). The van der Waals surface area contributed by atoms with Gasteiger partial charge in [-0.05, 0) is 30.3 Å². The van der Waals surface area contributed by atoms with Crippen molar-refractivity contribution >= 4 is 23.0 Å². The van der Waals surface area contributed by atoms with Crippen molar-refractivity contribution in [3.8, 4) is 11.5 Å². The number of ether oxygens (including phenoxy) is 2. The molecule has 0 aromatic heterocycles. The minimum atomic E-state index is -1.06. The average molecular weight is 288 g/mol. The number of carboxylic acids is 1. The van der Waals surface area contributed by atoms with E-state index in [4.69, 9.17) is 15.2 Å². The number of anilines is 3. The molecule has 0 aliphatic heterocycles. The Morgan fingerprint density at radius 1 is 1.10 bits per heavy atom. The quantitative estimate of drug-likeness (QED) is 0.732. The molecule has 0 heterocycles. The normalized spacial score (nSPS) is 10.0. The fourth-order valence-corrected chi connectivity index (χ4v) is 1.90. The fourth-order valence-electron chi connectivity index (χ4n) is 1.90. The van der Waals surface area contributed by atoms with Gasteiger partial charge in [-0.3, -0.25) is 0 Å². The molecule has 4 N–H and O–H groups in total. The number of rotatable bonds is 5. The highest BCUT2D eigenvalue weighted by Gasteiger charge is 2.13. The Morgan fingerprint density at radius 2 is 1.86 bits per heavy atom. The largest absolute Gasteiger partial charge is 0.497 e. The molecule has 0 radical (unpaired) electrons. The van der Waals surface area contributed by atoms with Gasteiger partial charge < -0.3 is 25.6 Å². The summed E-state index contributed by atoms with van der Waals surface area (Å²) in [5.41, 5.74) is 7.11. The Hall–Kier alpha value is -2.89. The zero-order chi connectivity index (χ0) is 15.4. The summed E-state index contributed by atoms with van der Waals surface area (Å²) in [7, 11) is 3.09. The second-order valence-electron chi connectivity index (χ2n) is 4.30. The van der Waals surface area contributed by atoms with E-state index in [1.54, 1.807) is 37.4 Å². The van der Waals surface area contributed by atoms with Crippen molar-refractivity contribution in [3.05, 3.63) is 42.0 Å². The van der Waals surface area contributed by atoms with Crippen LogP contribution in [0.2, 0.25) is 0 Å². The van der Waals surface area contributed by atoms with Gasteiger partial charge in [-0.15, -0.1) is 0 Å². The van der Waals surface area contributed by atoms with Gasteiger partial charge >= 0.3 is 5.97 Å². The monoisotopic (exact) mass is 288 g/mol. The van der Waals surface area contributed by atoms with Crippen molar-refractivity contribution in [2.45, 2.75) is 0 Å². The van der Waals surface area contributed by atoms with E-state index in [9.17, 15) is 9.90 Å². The summed E-state index contributed by atoms with van der Waals surface area (Å²) < 4.78 is 10.4. The summed E-state index contributed by atoms with van der Waals surface area (Å²) in [6, 6.07) is 9.85. The molecule has 2 aromatic rings. The van der Waals surface area contributed by atoms with Gasteiger partial charge in [0, 0.05) is 11.8 Å². The summed E-state index contributed by atoms with van der Waals surface area (Å²) in [6.45, 7) is 0. The summed E-state index contributed by atoms with van der Waals surface area (Å²) in [6.07, 6.45) is 0. The second kappa shape index (κ2) is 6.04. The number of carboxylic acid groups (broad SMARTS) is 1. The van der Waals surface area contributed by atoms with Gasteiger partial charge in [0.1, 0.15) is 11.5 Å². The minimum Gasteiger partial charge on any atom is -0.497 e. The van der Waals surface area contributed by atoms with E-state index < -0.39 is 5.97 Å². The molecule has 21 heavy (non-hydrogen) atoms. The van der Waals surface area contributed by atoms with E-state index in [0.29, 0.717) is 28.6 Å². The first-order chi connectivity index (χ1) is 10.0. The van der Waals surface area contributed by atoms with Crippen LogP contribution in [-0.4, -0.2) is 25.3 Å². The van der Waals surface area contributed by atoms with Crippen LogP contribution in [0.15, 0.2) is 36.4 Å². The van der Waals surface area contributed by atoms with Crippen LogP contribution >= 0.6 is 0 Å². The number of nitrogen functional groups attached to an aromatic ring is 1. The molecule has 110 valence electrons. The highest BCUT2D eigenvalue weighted by molar-refractivity contribution is 5.96. The molecular weight excluding hydrogens is 272 g/mol. The predicted octanol–water partition coefficient (Wildman–Crippen LogP) is 2.73. The summed E-state index contributed by atoms with van der Waals surface area (Å²) in [4.78, 5) is 11.3. The lowest BCUT2D eigenvalue weighted by Crippen LogP contribution is -2.04. The number of nitrogens with two attached hydrogens (primary N) is 1. The minimum absolute atomic E-state index is 0.0832. The first-order valence-electron chi connectivity index (χ1n) is 6.17. The maximum atomic E-state index is 11.3. The molecule has 6 heteroatoms. The Labute approximate surface area is 122 Å². The zero-order valence-corrected chi connectivity index (χ0v) is 11.7. The molecule has 0 spiro atoms. The number of nitrogens with one attached hydrogen (secondary N) is 1. The number of benzene rings is 2. The molecular formula is C15H16N2O4. The van der Waals surface area contributed by atoms with Gasteiger partial charge in [0.2, 0.25) is 0 Å². The lowest BCUT2D eigenvalue weighted by Gasteiger charge is -2.14.